The lowest BCUT2D eigenvalue weighted by Crippen LogP contribution is -2.48. The lowest BCUT2D eigenvalue weighted by molar-refractivity contribution is 0.355. The van der Waals surface area contributed by atoms with Crippen LogP contribution < -0.4 is 31.6 Å². The minimum Gasteiger partial charge on any atom is -0.242 e. The molecule has 328 valence electrons. The van der Waals surface area contributed by atoms with Crippen molar-refractivity contribution in [3.8, 4) is 0 Å². The van der Waals surface area contributed by atoms with Crippen LogP contribution >= 0.6 is 16.1 Å². The largest absolute Gasteiger partial charge is 0.242 e. The number of benzene rings is 4. The highest BCUT2D eigenvalue weighted by Crippen LogP contribution is 2.58. The number of hydrogen-bond donors (Lipinski definition) is 0. The van der Waals surface area contributed by atoms with Crippen LogP contribution in [0.25, 0.3) is 0 Å². The second-order valence-corrected chi connectivity index (χ2v) is 32.0. The van der Waals surface area contributed by atoms with Crippen molar-refractivity contribution in [3.05, 3.63) is 109 Å². The van der Waals surface area contributed by atoms with E-state index in [0.717, 1.165) is 5.30 Å². The van der Waals surface area contributed by atoms with E-state index in [1.54, 1.807) is 16.4 Å². The van der Waals surface area contributed by atoms with Crippen LogP contribution in [0.15, 0.2) is 103 Å². The minimum atomic E-state index is -1.67. The third-order valence-electron chi connectivity index (χ3n) is 13.9. The van der Waals surface area contributed by atoms with Gasteiger partial charge in [0.25, 0.3) is 0 Å². The summed E-state index contributed by atoms with van der Waals surface area (Å²) in [4.78, 5) is 0. The summed E-state index contributed by atoms with van der Waals surface area (Å²) in [6.45, 7) is 14.3. The smallest absolute Gasteiger partial charge is 0.132 e. The standard InChI is InChI=1S/C54H82FNP2Si2/c1-7-13-41-59(42-14-8-2,43-15-9-3)51-37-33-49(34-38-51)57(50-35-39-52(40-36-50)60(44-16-10-4,45-17-11-5)46-18-12-6)56(47-27-21-19-22-28-47)58(48-29-23-20-24-30-48)54-32-26-25-31-53(54)55/h20,23-26,29-40,47H,7-19,21-22,27-28,41-46H2,1-6H3. The lowest BCUT2D eigenvalue weighted by Gasteiger charge is -2.45. The predicted octanol–water partition coefficient (Wildman–Crippen LogP) is 15.0. The molecule has 0 saturated heterocycles. The highest BCUT2D eigenvalue weighted by molar-refractivity contribution is 7.84. The Labute approximate surface area is 372 Å². The van der Waals surface area contributed by atoms with Crippen molar-refractivity contribution in [1.29, 1.82) is 0 Å². The molecule has 4 aromatic carbocycles. The van der Waals surface area contributed by atoms with Crippen molar-refractivity contribution in [2.45, 2.75) is 193 Å². The van der Waals surface area contributed by atoms with E-state index in [4.69, 9.17) is 0 Å². The Kier molecular flexibility index (Phi) is 21.3. The maximum absolute atomic E-state index is 16.5. The summed E-state index contributed by atoms with van der Waals surface area (Å²) < 4.78 is 19.4. The summed E-state index contributed by atoms with van der Waals surface area (Å²) in [5, 5.41) is 8.41. The molecule has 0 N–H and O–H groups in total. The van der Waals surface area contributed by atoms with Crippen LogP contribution in [0.5, 0.6) is 0 Å². The summed E-state index contributed by atoms with van der Waals surface area (Å²) in [5.74, 6) is -0.0639. The van der Waals surface area contributed by atoms with E-state index in [2.05, 4.69) is 137 Å². The van der Waals surface area contributed by atoms with Gasteiger partial charge in [-0.1, -0.05) is 275 Å². The number of hydrogen-bond acceptors (Lipinski definition) is 1. The maximum Gasteiger partial charge on any atom is 0.132 e. The molecule has 1 nitrogen and oxygen atoms in total. The van der Waals surface area contributed by atoms with Gasteiger partial charge in [0, 0.05) is 27.5 Å². The lowest BCUT2D eigenvalue weighted by atomic mass is 9.96. The molecular weight excluding hydrogens is 800 g/mol. The molecule has 60 heavy (non-hydrogen) atoms. The highest BCUT2D eigenvalue weighted by atomic mass is 31.2. The van der Waals surface area contributed by atoms with E-state index in [9.17, 15) is 0 Å². The van der Waals surface area contributed by atoms with Crippen LogP contribution in [0, 0.1) is 5.82 Å². The molecule has 1 aliphatic carbocycles. The molecule has 0 amide bonds. The third-order valence-corrected chi connectivity index (χ3v) is 30.6. The molecule has 5 rings (SSSR count). The van der Waals surface area contributed by atoms with Crippen molar-refractivity contribution < 1.29 is 4.39 Å². The Hall–Kier alpha value is -1.94. The van der Waals surface area contributed by atoms with Crippen LogP contribution in [0.3, 0.4) is 0 Å². The van der Waals surface area contributed by atoms with Gasteiger partial charge in [-0.15, -0.1) is 0 Å². The SMILES string of the molecule is CCCC[Si](CCCC)(CCCC)c1ccc(P(c2ccc([Si](CCCC)(CCCC)CCCC)cc2)N(C2CCCCC2)P(c2ccccc2)c2ccccc2F)cc1. The zero-order chi connectivity index (χ0) is 42.6. The summed E-state index contributed by atoms with van der Waals surface area (Å²) in [6, 6.07) is 48.5. The fourth-order valence-corrected chi connectivity index (χ4v) is 27.8. The topological polar surface area (TPSA) is 3.24 Å². The van der Waals surface area contributed by atoms with Crippen LogP contribution in [0.2, 0.25) is 36.3 Å². The van der Waals surface area contributed by atoms with Gasteiger partial charge in [0.15, 0.2) is 0 Å². The van der Waals surface area contributed by atoms with Crippen molar-refractivity contribution in [2.75, 3.05) is 0 Å². The first kappa shape index (κ1) is 49.1. The zero-order valence-corrected chi connectivity index (χ0v) is 42.7. The van der Waals surface area contributed by atoms with Gasteiger partial charge in [0.1, 0.15) is 5.82 Å². The molecule has 1 unspecified atom stereocenters. The van der Waals surface area contributed by atoms with Gasteiger partial charge in [-0.3, -0.25) is 0 Å². The monoisotopic (exact) mass is 882 g/mol. The molecule has 0 aromatic heterocycles. The number of halogens is 1. The Morgan fingerprint density at radius 3 is 1.20 bits per heavy atom. The second kappa shape index (κ2) is 26.0. The molecule has 4 aromatic rings. The van der Waals surface area contributed by atoms with Crippen molar-refractivity contribution in [1.82, 2.24) is 4.44 Å². The van der Waals surface area contributed by atoms with Crippen LogP contribution in [0.1, 0.15) is 151 Å². The van der Waals surface area contributed by atoms with Crippen LogP contribution in [-0.2, 0) is 0 Å². The number of nitrogens with zero attached hydrogens (tertiary/aromatic N) is 1. The Morgan fingerprint density at radius 2 is 0.817 bits per heavy atom. The summed E-state index contributed by atoms with van der Waals surface area (Å²) in [7, 11) is -5.47. The average molecular weight is 882 g/mol. The molecule has 0 spiro atoms. The summed E-state index contributed by atoms with van der Waals surface area (Å²) in [5.41, 5.74) is 0. The molecular formula is C54H82FNP2Si2. The van der Waals surface area contributed by atoms with Crippen molar-refractivity contribution >= 4 is 63.9 Å². The van der Waals surface area contributed by atoms with Gasteiger partial charge in [0.05, 0.1) is 16.1 Å². The van der Waals surface area contributed by atoms with Crippen molar-refractivity contribution in [2.24, 2.45) is 0 Å². The third kappa shape index (κ3) is 12.8. The quantitative estimate of drug-likeness (QED) is 0.0426. The first-order valence-electron chi connectivity index (χ1n) is 24.8. The molecule has 1 fully saturated rings. The molecule has 0 radical (unpaired) electrons. The second-order valence-electron chi connectivity index (χ2n) is 18.3. The number of rotatable bonds is 27. The average Bonchev–Trinajstić information content (AvgIpc) is 3.30. The van der Waals surface area contributed by atoms with Gasteiger partial charge in [-0.2, -0.15) is 0 Å². The van der Waals surface area contributed by atoms with E-state index in [-0.39, 0.29) is 5.82 Å². The molecule has 1 atom stereocenters. The fraction of sp³-hybridized carbons (Fsp3) is 0.556. The van der Waals surface area contributed by atoms with Gasteiger partial charge >= 0.3 is 0 Å². The summed E-state index contributed by atoms with van der Waals surface area (Å²) >= 11 is 0. The normalized spacial score (nSPS) is 14.6. The van der Waals surface area contributed by atoms with Gasteiger partial charge in [0.2, 0.25) is 0 Å². The summed E-state index contributed by atoms with van der Waals surface area (Å²) in [6.07, 6.45) is 21.9. The Bertz CT molecular complexity index is 1640. The first-order chi connectivity index (χ1) is 29.4. The Morgan fingerprint density at radius 1 is 0.450 bits per heavy atom. The van der Waals surface area contributed by atoms with E-state index in [0.29, 0.717) is 6.04 Å². The van der Waals surface area contributed by atoms with Gasteiger partial charge < -0.3 is 0 Å². The molecule has 1 saturated carbocycles. The zero-order valence-electron chi connectivity index (χ0n) is 38.9. The van der Waals surface area contributed by atoms with E-state index in [1.807, 2.05) is 6.07 Å². The minimum absolute atomic E-state index is 0.0639. The molecule has 1 aliphatic rings. The van der Waals surface area contributed by atoms with Crippen molar-refractivity contribution in [3.63, 3.8) is 0 Å². The van der Waals surface area contributed by atoms with Crippen LogP contribution in [0.4, 0.5) is 4.39 Å². The van der Waals surface area contributed by atoms with Gasteiger partial charge in [-0.25, -0.2) is 8.83 Å². The van der Waals surface area contributed by atoms with E-state index < -0.39 is 32.3 Å². The number of unbranched alkanes of at least 4 members (excludes halogenated alkanes) is 6. The van der Waals surface area contributed by atoms with Gasteiger partial charge in [-0.05, 0) is 40.9 Å². The van der Waals surface area contributed by atoms with Crippen LogP contribution in [-0.4, -0.2) is 26.6 Å². The molecule has 0 aliphatic heterocycles. The van der Waals surface area contributed by atoms with E-state index in [1.165, 1.54) is 161 Å². The maximum atomic E-state index is 16.5. The molecule has 0 heterocycles. The molecule has 0 bridgehead atoms. The highest BCUT2D eigenvalue weighted by Gasteiger charge is 2.40. The molecule has 6 heteroatoms. The van der Waals surface area contributed by atoms with E-state index >= 15 is 4.39 Å². The predicted molar refractivity (Wildman–Crippen MR) is 276 cm³/mol. The fourth-order valence-electron chi connectivity index (χ4n) is 10.3. The first-order valence-corrected chi connectivity index (χ1v) is 32.6. The Balaban J connectivity index is 1.75.